The summed E-state index contributed by atoms with van der Waals surface area (Å²) in [5.74, 6) is -0.504. The van der Waals surface area contributed by atoms with Crippen LogP contribution in [0.3, 0.4) is 0 Å². The quantitative estimate of drug-likeness (QED) is 0.713. The van der Waals surface area contributed by atoms with Crippen molar-refractivity contribution < 1.29 is 4.39 Å². The first-order valence-electron chi connectivity index (χ1n) is 3.94. The van der Waals surface area contributed by atoms with Crippen LogP contribution >= 0.6 is 0 Å². The van der Waals surface area contributed by atoms with Gasteiger partial charge in [0.15, 0.2) is 0 Å². The lowest BCUT2D eigenvalue weighted by atomic mass is 9.94. The smallest absolute Gasteiger partial charge is 0.140 e. The van der Waals surface area contributed by atoms with Crippen LogP contribution in [0.5, 0.6) is 0 Å². The predicted molar refractivity (Wildman–Crippen MR) is 48.3 cm³/mol. The molecule has 0 saturated carbocycles. The van der Waals surface area contributed by atoms with E-state index in [-0.39, 0.29) is 5.56 Å². The zero-order chi connectivity index (χ0) is 10.1. The third-order valence-corrected chi connectivity index (χ3v) is 1.83. The summed E-state index contributed by atoms with van der Waals surface area (Å²) in [6.07, 6.45) is 0. The third-order valence-electron chi connectivity index (χ3n) is 1.83. The van der Waals surface area contributed by atoms with Crippen LogP contribution in [0, 0.1) is 17.1 Å². The number of hydrogen-bond acceptors (Lipinski definition) is 2. The normalized spacial score (nSPS) is 11.0. The molecule has 0 aliphatic heterocycles. The lowest BCUT2D eigenvalue weighted by Gasteiger charge is -2.19. The molecule has 13 heavy (non-hydrogen) atoms. The first-order valence-corrected chi connectivity index (χ1v) is 3.94. The number of halogens is 1. The van der Waals surface area contributed by atoms with E-state index in [1.54, 1.807) is 26.0 Å². The molecule has 0 aromatic heterocycles. The SMILES string of the molecule is CC(C)(N)c1ccc(F)c(C#N)c1. The molecule has 0 unspecified atom stereocenters. The Hall–Kier alpha value is -1.40. The standard InChI is InChI=1S/C10H11FN2/c1-10(2,13)8-3-4-9(11)7(5-8)6-12/h3-5H,13H2,1-2H3. The summed E-state index contributed by atoms with van der Waals surface area (Å²) < 4.78 is 12.9. The average Bonchev–Trinajstić information content (AvgIpc) is 2.03. The topological polar surface area (TPSA) is 49.8 Å². The van der Waals surface area contributed by atoms with Gasteiger partial charge in [0, 0.05) is 5.54 Å². The summed E-state index contributed by atoms with van der Waals surface area (Å²) in [5.41, 5.74) is 6.05. The molecule has 0 saturated heterocycles. The largest absolute Gasteiger partial charge is 0.322 e. The van der Waals surface area contributed by atoms with Crippen LogP contribution in [-0.4, -0.2) is 0 Å². The molecule has 1 rings (SSSR count). The Labute approximate surface area is 76.8 Å². The molecule has 2 N–H and O–H groups in total. The molecule has 0 aliphatic carbocycles. The van der Waals surface area contributed by atoms with Crippen LogP contribution in [0.2, 0.25) is 0 Å². The molecule has 0 radical (unpaired) electrons. The van der Waals surface area contributed by atoms with E-state index in [9.17, 15) is 4.39 Å². The highest BCUT2D eigenvalue weighted by Crippen LogP contribution is 2.19. The Morgan fingerprint density at radius 3 is 2.54 bits per heavy atom. The fraction of sp³-hybridized carbons (Fsp3) is 0.300. The summed E-state index contributed by atoms with van der Waals surface area (Å²) in [6.45, 7) is 3.61. The highest BCUT2D eigenvalue weighted by molar-refractivity contribution is 5.36. The van der Waals surface area contributed by atoms with Gasteiger partial charge in [0.2, 0.25) is 0 Å². The molecule has 1 aromatic rings. The van der Waals surface area contributed by atoms with E-state index in [4.69, 9.17) is 11.0 Å². The van der Waals surface area contributed by atoms with Crippen LogP contribution in [0.15, 0.2) is 18.2 Å². The van der Waals surface area contributed by atoms with Crippen molar-refractivity contribution >= 4 is 0 Å². The van der Waals surface area contributed by atoms with Crippen molar-refractivity contribution in [3.05, 3.63) is 35.1 Å². The van der Waals surface area contributed by atoms with Gasteiger partial charge >= 0.3 is 0 Å². The van der Waals surface area contributed by atoms with Crippen molar-refractivity contribution in [2.24, 2.45) is 5.73 Å². The van der Waals surface area contributed by atoms with Crippen LogP contribution in [0.1, 0.15) is 25.0 Å². The number of nitrogens with zero attached hydrogens (tertiary/aromatic N) is 1. The number of hydrogen-bond donors (Lipinski definition) is 1. The molecule has 0 fully saturated rings. The Morgan fingerprint density at radius 1 is 1.46 bits per heavy atom. The van der Waals surface area contributed by atoms with Crippen LogP contribution in [-0.2, 0) is 5.54 Å². The Bertz CT molecular complexity index is 358. The Kier molecular flexibility index (Phi) is 2.35. The van der Waals surface area contributed by atoms with Crippen molar-refractivity contribution in [1.29, 1.82) is 5.26 Å². The van der Waals surface area contributed by atoms with Gasteiger partial charge in [0.1, 0.15) is 11.9 Å². The van der Waals surface area contributed by atoms with Gasteiger partial charge in [-0.25, -0.2) is 4.39 Å². The van der Waals surface area contributed by atoms with Crippen LogP contribution < -0.4 is 5.73 Å². The highest BCUT2D eigenvalue weighted by Gasteiger charge is 2.15. The molecule has 1 aromatic carbocycles. The van der Waals surface area contributed by atoms with Crippen molar-refractivity contribution in [3.63, 3.8) is 0 Å². The van der Waals surface area contributed by atoms with Crippen molar-refractivity contribution in [2.45, 2.75) is 19.4 Å². The highest BCUT2D eigenvalue weighted by atomic mass is 19.1. The van der Waals surface area contributed by atoms with Gasteiger partial charge in [0.05, 0.1) is 5.56 Å². The second-order valence-electron chi connectivity index (χ2n) is 3.53. The lowest BCUT2D eigenvalue weighted by Crippen LogP contribution is -2.28. The van der Waals surface area contributed by atoms with E-state index in [2.05, 4.69) is 0 Å². The van der Waals surface area contributed by atoms with Crippen molar-refractivity contribution in [1.82, 2.24) is 0 Å². The minimum Gasteiger partial charge on any atom is -0.322 e. The second kappa shape index (κ2) is 3.15. The molecule has 3 heteroatoms. The minimum absolute atomic E-state index is 0.0380. The summed E-state index contributed by atoms with van der Waals surface area (Å²) in [7, 11) is 0. The second-order valence-corrected chi connectivity index (χ2v) is 3.53. The van der Waals surface area contributed by atoms with Gasteiger partial charge in [-0.2, -0.15) is 5.26 Å². The summed E-state index contributed by atoms with van der Waals surface area (Å²) in [4.78, 5) is 0. The summed E-state index contributed by atoms with van der Waals surface area (Å²) in [6, 6.07) is 6.12. The number of nitrogens with two attached hydrogens (primary N) is 1. The van der Waals surface area contributed by atoms with Crippen molar-refractivity contribution in [3.8, 4) is 6.07 Å². The van der Waals surface area contributed by atoms with E-state index >= 15 is 0 Å². The third kappa shape index (κ3) is 2.04. The molecule has 2 nitrogen and oxygen atoms in total. The first-order chi connectivity index (χ1) is 5.95. The first kappa shape index (κ1) is 9.69. The fourth-order valence-corrected chi connectivity index (χ4v) is 1.01. The van der Waals surface area contributed by atoms with E-state index in [1.165, 1.54) is 12.1 Å². The van der Waals surface area contributed by atoms with Gasteiger partial charge in [-0.05, 0) is 31.5 Å². The van der Waals surface area contributed by atoms with E-state index in [0.717, 1.165) is 5.56 Å². The Morgan fingerprint density at radius 2 is 2.08 bits per heavy atom. The molecule has 0 atom stereocenters. The van der Waals surface area contributed by atoms with Crippen LogP contribution in [0.4, 0.5) is 4.39 Å². The predicted octanol–water partition coefficient (Wildman–Crippen LogP) is 1.89. The van der Waals surface area contributed by atoms with Crippen molar-refractivity contribution in [2.75, 3.05) is 0 Å². The van der Waals surface area contributed by atoms with Gasteiger partial charge in [-0.1, -0.05) is 6.07 Å². The van der Waals surface area contributed by atoms with Gasteiger partial charge in [0.25, 0.3) is 0 Å². The monoisotopic (exact) mass is 178 g/mol. The Balaban J connectivity index is 3.24. The maximum atomic E-state index is 12.9. The zero-order valence-corrected chi connectivity index (χ0v) is 7.63. The molecular weight excluding hydrogens is 167 g/mol. The molecule has 0 spiro atoms. The van der Waals surface area contributed by atoms with E-state index < -0.39 is 11.4 Å². The number of nitriles is 1. The molecule has 0 bridgehead atoms. The van der Waals surface area contributed by atoms with Gasteiger partial charge in [-0.15, -0.1) is 0 Å². The molecule has 0 aliphatic rings. The fourth-order valence-electron chi connectivity index (χ4n) is 1.01. The number of rotatable bonds is 1. The lowest BCUT2D eigenvalue weighted by molar-refractivity contribution is 0.550. The maximum absolute atomic E-state index is 12.9. The molecular formula is C10H11FN2. The maximum Gasteiger partial charge on any atom is 0.140 e. The minimum atomic E-state index is -0.542. The summed E-state index contributed by atoms with van der Waals surface area (Å²) >= 11 is 0. The zero-order valence-electron chi connectivity index (χ0n) is 7.63. The van der Waals surface area contributed by atoms with Gasteiger partial charge in [-0.3, -0.25) is 0 Å². The molecule has 0 heterocycles. The average molecular weight is 178 g/mol. The molecule has 0 amide bonds. The number of benzene rings is 1. The summed E-state index contributed by atoms with van der Waals surface area (Å²) in [5, 5.41) is 8.58. The van der Waals surface area contributed by atoms with Crippen LogP contribution in [0.25, 0.3) is 0 Å². The van der Waals surface area contributed by atoms with E-state index in [1.807, 2.05) is 0 Å². The van der Waals surface area contributed by atoms with E-state index in [0.29, 0.717) is 0 Å². The van der Waals surface area contributed by atoms with Gasteiger partial charge < -0.3 is 5.73 Å². The molecule has 68 valence electrons.